The number of anilines is 1. The quantitative estimate of drug-likeness (QED) is 0.842. The highest BCUT2D eigenvalue weighted by molar-refractivity contribution is 5.94. The molecule has 4 rings (SSSR count). The Morgan fingerprint density at radius 2 is 2.28 bits per heavy atom. The van der Waals surface area contributed by atoms with Crippen LogP contribution in [-0.4, -0.2) is 52.1 Å². The average Bonchev–Trinajstić information content (AvgIpc) is 3.14. The number of nitrogens with zero attached hydrogens (tertiary/aromatic N) is 3. The maximum atomic E-state index is 13.0. The third-order valence-corrected chi connectivity index (χ3v) is 4.97. The largest absolute Gasteiger partial charge is 0.380 e. The summed E-state index contributed by atoms with van der Waals surface area (Å²) >= 11 is 0. The minimum Gasteiger partial charge on any atom is -0.380 e. The molecule has 0 bridgehead atoms. The van der Waals surface area contributed by atoms with Gasteiger partial charge in [0.2, 0.25) is 0 Å². The molecular weight excluding hydrogens is 318 g/mol. The number of ether oxygens (including phenoxy) is 1. The second kappa shape index (κ2) is 6.84. The Morgan fingerprint density at radius 1 is 1.40 bits per heavy atom. The van der Waals surface area contributed by atoms with E-state index in [1.54, 1.807) is 25.7 Å². The SMILES string of the molecule is CO[C@@H]1CC(c2ncc[nH]2)N(C(=O)c2ccc(NCC3CC3)nc2)C1. The summed E-state index contributed by atoms with van der Waals surface area (Å²) in [5.41, 5.74) is 0.588. The van der Waals surface area contributed by atoms with E-state index in [1.807, 2.05) is 17.0 Å². The van der Waals surface area contributed by atoms with E-state index >= 15 is 0 Å². The highest BCUT2D eigenvalue weighted by Crippen LogP contribution is 2.33. The molecule has 25 heavy (non-hydrogen) atoms. The molecule has 2 atom stereocenters. The van der Waals surface area contributed by atoms with E-state index in [0.29, 0.717) is 12.1 Å². The summed E-state index contributed by atoms with van der Waals surface area (Å²) < 4.78 is 5.47. The van der Waals surface area contributed by atoms with Gasteiger partial charge in [-0.3, -0.25) is 4.79 Å². The molecule has 1 saturated heterocycles. The number of nitrogens with one attached hydrogen (secondary N) is 2. The van der Waals surface area contributed by atoms with Crippen LogP contribution in [0.2, 0.25) is 0 Å². The van der Waals surface area contributed by atoms with Crippen molar-refractivity contribution < 1.29 is 9.53 Å². The number of amides is 1. The van der Waals surface area contributed by atoms with Crippen molar-refractivity contribution in [3.8, 4) is 0 Å². The number of imidazole rings is 1. The summed E-state index contributed by atoms with van der Waals surface area (Å²) in [5.74, 6) is 2.36. The van der Waals surface area contributed by atoms with Gasteiger partial charge in [0.15, 0.2) is 0 Å². The van der Waals surface area contributed by atoms with Crippen LogP contribution < -0.4 is 5.32 Å². The number of methoxy groups -OCH3 is 1. The van der Waals surface area contributed by atoms with Crippen molar-refractivity contribution in [1.82, 2.24) is 19.9 Å². The molecule has 2 N–H and O–H groups in total. The normalized spacial score (nSPS) is 23.0. The van der Waals surface area contributed by atoms with Gasteiger partial charge in [0, 0.05) is 45.2 Å². The minimum atomic E-state index is -0.0971. The zero-order valence-corrected chi connectivity index (χ0v) is 14.3. The van der Waals surface area contributed by atoms with Crippen molar-refractivity contribution in [3.05, 3.63) is 42.1 Å². The molecule has 2 aliphatic rings. The lowest BCUT2D eigenvalue weighted by atomic mass is 10.1. The molecule has 1 unspecified atom stereocenters. The van der Waals surface area contributed by atoms with E-state index < -0.39 is 0 Å². The second-order valence-corrected chi connectivity index (χ2v) is 6.80. The molecule has 1 aliphatic carbocycles. The molecule has 2 aromatic heterocycles. The number of aromatic nitrogens is 3. The summed E-state index contributed by atoms with van der Waals surface area (Å²) in [6.45, 7) is 1.52. The predicted octanol–water partition coefficient (Wildman–Crippen LogP) is 2.23. The van der Waals surface area contributed by atoms with Crippen LogP contribution >= 0.6 is 0 Å². The maximum Gasteiger partial charge on any atom is 0.256 e. The van der Waals surface area contributed by atoms with Crippen LogP contribution in [0.5, 0.6) is 0 Å². The first-order chi connectivity index (χ1) is 12.2. The monoisotopic (exact) mass is 341 g/mol. The molecule has 1 aliphatic heterocycles. The Bertz CT molecular complexity index is 712. The Morgan fingerprint density at radius 3 is 2.92 bits per heavy atom. The highest BCUT2D eigenvalue weighted by Gasteiger charge is 2.38. The third-order valence-electron chi connectivity index (χ3n) is 4.97. The standard InChI is InChI=1S/C18H23N5O2/c1-25-14-8-15(17-19-6-7-20-17)23(11-14)18(24)13-4-5-16(22-10-13)21-9-12-2-3-12/h4-7,10,12,14-15H,2-3,8-9,11H2,1H3,(H,19,20)(H,21,22)/t14-,15?/m1/s1. The van der Waals surface area contributed by atoms with Crippen LogP contribution in [0.25, 0.3) is 0 Å². The number of hydrogen-bond acceptors (Lipinski definition) is 5. The van der Waals surface area contributed by atoms with Crippen LogP contribution in [-0.2, 0) is 4.74 Å². The van der Waals surface area contributed by atoms with Gasteiger partial charge in [-0.15, -0.1) is 0 Å². The highest BCUT2D eigenvalue weighted by atomic mass is 16.5. The molecule has 0 radical (unpaired) electrons. The zero-order chi connectivity index (χ0) is 17.2. The smallest absolute Gasteiger partial charge is 0.256 e. The predicted molar refractivity (Wildman–Crippen MR) is 93.2 cm³/mol. The second-order valence-electron chi connectivity index (χ2n) is 6.80. The molecule has 1 amide bonds. The number of hydrogen-bond donors (Lipinski definition) is 2. The van der Waals surface area contributed by atoms with Crippen LogP contribution in [0.4, 0.5) is 5.82 Å². The van der Waals surface area contributed by atoms with Crippen molar-refractivity contribution in [2.75, 3.05) is 25.5 Å². The lowest BCUT2D eigenvalue weighted by Crippen LogP contribution is -2.32. The number of aromatic amines is 1. The number of pyridine rings is 1. The fourth-order valence-corrected chi connectivity index (χ4v) is 3.27. The number of likely N-dealkylation sites (tertiary alicyclic amines) is 1. The Hall–Kier alpha value is -2.41. The Kier molecular flexibility index (Phi) is 4.40. The molecule has 3 heterocycles. The van der Waals surface area contributed by atoms with Crippen molar-refractivity contribution in [2.45, 2.75) is 31.4 Å². The lowest BCUT2D eigenvalue weighted by molar-refractivity contribution is 0.0684. The maximum absolute atomic E-state index is 13.0. The fourth-order valence-electron chi connectivity index (χ4n) is 3.27. The number of carbonyl (C=O) groups is 1. The fraction of sp³-hybridized carbons (Fsp3) is 0.500. The molecular formula is C18H23N5O2. The van der Waals surface area contributed by atoms with Gasteiger partial charge in [-0.05, 0) is 30.9 Å². The summed E-state index contributed by atoms with van der Waals surface area (Å²) in [6, 6.07) is 3.62. The molecule has 132 valence electrons. The third kappa shape index (κ3) is 3.51. The van der Waals surface area contributed by atoms with E-state index in [0.717, 1.165) is 30.5 Å². The van der Waals surface area contributed by atoms with Gasteiger partial charge in [-0.25, -0.2) is 9.97 Å². The average molecular weight is 341 g/mol. The van der Waals surface area contributed by atoms with Gasteiger partial charge < -0.3 is 19.9 Å². The summed E-state index contributed by atoms with van der Waals surface area (Å²) in [5, 5.41) is 3.32. The zero-order valence-electron chi connectivity index (χ0n) is 14.3. The van der Waals surface area contributed by atoms with Crippen molar-refractivity contribution in [1.29, 1.82) is 0 Å². The topological polar surface area (TPSA) is 83.1 Å². The molecule has 7 nitrogen and oxygen atoms in total. The summed E-state index contributed by atoms with van der Waals surface area (Å²) in [7, 11) is 1.68. The van der Waals surface area contributed by atoms with Gasteiger partial charge in [-0.2, -0.15) is 0 Å². The molecule has 0 spiro atoms. The molecule has 2 fully saturated rings. The van der Waals surface area contributed by atoms with Crippen LogP contribution in [0.3, 0.4) is 0 Å². The van der Waals surface area contributed by atoms with E-state index in [4.69, 9.17) is 4.74 Å². The first-order valence-electron chi connectivity index (χ1n) is 8.77. The van der Waals surface area contributed by atoms with Gasteiger partial charge >= 0.3 is 0 Å². The first-order valence-corrected chi connectivity index (χ1v) is 8.77. The van der Waals surface area contributed by atoms with Crippen molar-refractivity contribution in [2.24, 2.45) is 5.92 Å². The molecule has 0 aromatic carbocycles. The van der Waals surface area contributed by atoms with Gasteiger partial charge in [0.05, 0.1) is 17.7 Å². The molecule has 7 heteroatoms. The van der Waals surface area contributed by atoms with Crippen LogP contribution in [0.1, 0.15) is 41.5 Å². The molecule has 1 saturated carbocycles. The Labute approximate surface area is 146 Å². The van der Waals surface area contributed by atoms with Gasteiger partial charge in [0.25, 0.3) is 5.91 Å². The van der Waals surface area contributed by atoms with Crippen molar-refractivity contribution >= 4 is 11.7 Å². The first kappa shape index (κ1) is 16.1. The number of rotatable bonds is 6. The van der Waals surface area contributed by atoms with Crippen LogP contribution in [0, 0.1) is 5.92 Å². The van der Waals surface area contributed by atoms with E-state index in [1.165, 1.54) is 12.8 Å². The van der Waals surface area contributed by atoms with Crippen LogP contribution in [0.15, 0.2) is 30.7 Å². The van der Waals surface area contributed by atoms with Gasteiger partial charge in [0.1, 0.15) is 11.6 Å². The molecule has 2 aromatic rings. The summed E-state index contributed by atoms with van der Waals surface area (Å²) in [4.78, 5) is 26.6. The van der Waals surface area contributed by atoms with E-state index in [-0.39, 0.29) is 18.1 Å². The summed E-state index contributed by atoms with van der Waals surface area (Å²) in [6.07, 6.45) is 8.49. The van der Waals surface area contributed by atoms with Crippen molar-refractivity contribution in [3.63, 3.8) is 0 Å². The van der Waals surface area contributed by atoms with E-state index in [9.17, 15) is 4.79 Å². The number of H-pyrrole nitrogens is 1. The lowest BCUT2D eigenvalue weighted by Gasteiger charge is -2.23. The van der Waals surface area contributed by atoms with Gasteiger partial charge in [-0.1, -0.05) is 0 Å². The Balaban J connectivity index is 1.47. The number of carbonyl (C=O) groups excluding carboxylic acids is 1. The minimum absolute atomic E-state index is 0.0199. The van der Waals surface area contributed by atoms with E-state index in [2.05, 4.69) is 20.3 Å².